The van der Waals surface area contributed by atoms with E-state index in [-0.39, 0.29) is 5.91 Å². The number of fused-ring (bicyclic) bond motifs is 1. The number of amides is 1. The van der Waals surface area contributed by atoms with Crippen LogP contribution in [0.4, 0.5) is 0 Å². The zero-order valence-corrected chi connectivity index (χ0v) is 16.4. The molecule has 142 valence electrons. The van der Waals surface area contributed by atoms with Gasteiger partial charge in [-0.3, -0.25) is 9.78 Å². The standard InChI is InChI=1S/C20H25N5O2/c1-12(2)7-22-19(26)15-9-25(17-6-13(3)8-21-18(15)17)10-16-14(4)20(27-5)24-11-23-16/h6,8-9,11-12H,7,10H2,1-5H3,(H,22,26). The molecule has 0 aliphatic rings. The number of carbonyl (C=O) groups is 1. The quantitative estimate of drug-likeness (QED) is 0.724. The molecule has 0 aliphatic carbocycles. The van der Waals surface area contributed by atoms with Crippen molar-refractivity contribution in [3.05, 3.63) is 47.2 Å². The van der Waals surface area contributed by atoms with Crippen molar-refractivity contribution in [2.24, 2.45) is 5.92 Å². The fraction of sp³-hybridized carbons (Fsp3) is 0.400. The Morgan fingerprint density at radius 3 is 2.74 bits per heavy atom. The molecule has 0 fully saturated rings. The first kappa shape index (κ1) is 18.8. The molecule has 0 atom stereocenters. The number of methoxy groups -OCH3 is 1. The lowest BCUT2D eigenvalue weighted by molar-refractivity contribution is 0.0950. The second-order valence-corrected chi connectivity index (χ2v) is 7.11. The molecule has 0 aliphatic heterocycles. The topological polar surface area (TPSA) is 81.9 Å². The van der Waals surface area contributed by atoms with Gasteiger partial charge in [0, 0.05) is 24.5 Å². The molecule has 0 saturated carbocycles. The Morgan fingerprint density at radius 1 is 1.26 bits per heavy atom. The van der Waals surface area contributed by atoms with Crippen LogP contribution in [0.5, 0.6) is 5.88 Å². The van der Waals surface area contributed by atoms with E-state index in [0.717, 1.165) is 22.3 Å². The third-order valence-electron chi connectivity index (χ3n) is 4.42. The van der Waals surface area contributed by atoms with Crippen molar-refractivity contribution >= 4 is 16.9 Å². The van der Waals surface area contributed by atoms with Crippen LogP contribution in [0.1, 0.15) is 41.0 Å². The van der Waals surface area contributed by atoms with Gasteiger partial charge in [-0.15, -0.1) is 0 Å². The SMILES string of the molecule is COc1ncnc(Cn2cc(C(=O)NCC(C)C)c3ncc(C)cc32)c1C. The van der Waals surface area contributed by atoms with Crippen molar-refractivity contribution in [2.45, 2.75) is 34.2 Å². The number of ether oxygens (including phenoxy) is 1. The van der Waals surface area contributed by atoms with Crippen LogP contribution in [0.25, 0.3) is 11.0 Å². The predicted octanol–water partition coefficient (Wildman–Crippen LogP) is 2.89. The molecule has 3 rings (SSSR count). The first-order chi connectivity index (χ1) is 12.9. The molecule has 1 N–H and O–H groups in total. The van der Waals surface area contributed by atoms with E-state index in [2.05, 4.69) is 34.1 Å². The van der Waals surface area contributed by atoms with Gasteiger partial charge in [0.25, 0.3) is 5.91 Å². The Labute approximate surface area is 158 Å². The zero-order valence-electron chi connectivity index (χ0n) is 16.4. The summed E-state index contributed by atoms with van der Waals surface area (Å²) in [5, 5.41) is 2.97. The molecule has 0 aromatic carbocycles. The van der Waals surface area contributed by atoms with Crippen LogP contribution in [0.2, 0.25) is 0 Å². The van der Waals surface area contributed by atoms with Gasteiger partial charge in [0.05, 0.1) is 30.4 Å². The maximum absolute atomic E-state index is 12.7. The number of pyridine rings is 1. The minimum absolute atomic E-state index is 0.110. The number of rotatable bonds is 6. The van der Waals surface area contributed by atoms with Gasteiger partial charge in [-0.2, -0.15) is 0 Å². The molecule has 7 nitrogen and oxygen atoms in total. The number of carbonyl (C=O) groups excluding carboxylic acids is 1. The molecule has 0 radical (unpaired) electrons. The van der Waals surface area contributed by atoms with Gasteiger partial charge < -0.3 is 14.6 Å². The summed E-state index contributed by atoms with van der Waals surface area (Å²) in [5.41, 5.74) is 4.93. The van der Waals surface area contributed by atoms with Crippen molar-refractivity contribution in [1.29, 1.82) is 0 Å². The summed E-state index contributed by atoms with van der Waals surface area (Å²) in [6, 6.07) is 2.04. The molecule has 0 bridgehead atoms. The summed E-state index contributed by atoms with van der Waals surface area (Å²) in [6.07, 6.45) is 5.12. The second-order valence-electron chi connectivity index (χ2n) is 7.11. The van der Waals surface area contributed by atoms with E-state index in [1.807, 2.05) is 30.7 Å². The molecule has 3 aromatic rings. The zero-order chi connectivity index (χ0) is 19.6. The van der Waals surface area contributed by atoms with E-state index in [4.69, 9.17) is 4.74 Å². The molecule has 3 heterocycles. The normalized spacial score (nSPS) is 11.2. The van der Waals surface area contributed by atoms with Gasteiger partial charge in [-0.1, -0.05) is 13.8 Å². The second kappa shape index (κ2) is 7.73. The summed E-state index contributed by atoms with van der Waals surface area (Å²) in [4.78, 5) is 25.7. The van der Waals surface area contributed by atoms with Crippen molar-refractivity contribution < 1.29 is 9.53 Å². The van der Waals surface area contributed by atoms with E-state index >= 15 is 0 Å². The maximum atomic E-state index is 12.7. The fourth-order valence-electron chi connectivity index (χ4n) is 2.95. The molecular formula is C20H25N5O2. The highest BCUT2D eigenvalue weighted by Crippen LogP contribution is 2.23. The molecule has 7 heteroatoms. The van der Waals surface area contributed by atoms with E-state index in [0.29, 0.717) is 36.0 Å². The molecule has 27 heavy (non-hydrogen) atoms. The van der Waals surface area contributed by atoms with Crippen LogP contribution in [-0.2, 0) is 6.54 Å². The number of nitrogens with zero attached hydrogens (tertiary/aromatic N) is 4. The van der Waals surface area contributed by atoms with Gasteiger partial charge in [0.2, 0.25) is 5.88 Å². The highest BCUT2D eigenvalue weighted by Gasteiger charge is 2.18. The maximum Gasteiger partial charge on any atom is 0.255 e. The number of aryl methyl sites for hydroxylation is 1. The lowest BCUT2D eigenvalue weighted by Crippen LogP contribution is -2.27. The number of nitrogens with one attached hydrogen (secondary N) is 1. The summed E-state index contributed by atoms with van der Waals surface area (Å²) in [6.45, 7) is 9.18. The third kappa shape index (κ3) is 3.92. The Hall–Kier alpha value is -2.96. The molecule has 0 spiro atoms. The van der Waals surface area contributed by atoms with Crippen LogP contribution >= 0.6 is 0 Å². The Bertz CT molecular complexity index is 978. The van der Waals surface area contributed by atoms with Crippen LogP contribution in [0.15, 0.2) is 24.8 Å². The Balaban J connectivity index is 2.03. The van der Waals surface area contributed by atoms with Gasteiger partial charge in [-0.25, -0.2) is 9.97 Å². The average Bonchev–Trinajstić information content (AvgIpc) is 2.99. The highest BCUT2D eigenvalue weighted by atomic mass is 16.5. The van der Waals surface area contributed by atoms with Crippen molar-refractivity contribution in [1.82, 2.24) is 24.8 Å². The van der Waals surface area contributed by atoms with Gasteiger partial charge in [0.1, 0.15) is 11.8 Å². The minimum Gasteiger partial charge on any atom is -0.481 e. The molecule has 0 unspecified atom stereocenters. The largest absolute Gasteiger partial charge is 0.481 e. The average molecular weight is 367 g/mol. The lowest BCUT2D eigenvalue weighted by atomic mass is 10.2. The first-order valence-electron chi connectivity index (χ1n) is 8.98. The lowest BCUT2D eigenvalue weighted by Gasteiger charge is -2.10. The summed E-state index contributed by atoms with van der Waals surface area (Å²) in [5.74, 6) is 0.829. The Kier molecular flexibility index (Phi) is 5.39. The molecular weight excluding hydrogens is 342 g/mol. The van der Waals surface area contributed by atoms with Gasteiger partial charge in [0.15, 0.2) is 0 Å². The van der Waals surface area contributed by atoms with E-state index in [1.165, 1.54) is 6.33 Å². The molecule has 1 amide bonds. The van der Waals surface area contributed by atoms with E-state index in [9.17, 15) is 4.79 Å². The van der Waals surface area contributed by atoms with Crippen LogP contribution in [0.3, 0.4) is 0 Å². The third-order valence-corrected chi connectivity index (χ3v) is 4.42. The van der Waals surface area contributed by atoms with Crippen LogP contribution in [0, 0.1) is 19.8 Å². The number of aromatic nitrogens is 4. The summed E-state index contributed by atoms with van der Waals surface area (Å²) in [7, 11) is 1.59. The van der Waals surface area contributed by atoms with Crippen LogP contribution < -0.4 is 10.1 Å². The predicted molar refractivity (Wildman–Crippen MR) is 104 cm³/mol. The summed E-state index contributed by atoms with van der Waals surface area (Å²) >= 11 is 0. The van der Waals surface area contributed by atoms with Gasteiger partial charge >= 0.3 is 0 Å². The fourth-order valence-corrected chi connectivity index (χ4v) is 2.95. The monoisotopic (exact) mass is 367 g/mol. The van der Waals surface area contributed by atoms with Crippen molar-refractivity contribution in [3.8, 4) is 5.88 Å². The minimum atomic E-state index is -0.110. The smallest absolute Gasteiger partial charge is 0.255 e. The van der Waals surface area contributed by atoms with E-state index in [1.54, 1.807) is 13.3 Å². The van der Waals surface area contributed by atoms with Crippen LogP contribution in [-0.4, -0.2) is 39.1 Å². The summed E-state index contributed by atoms with van der Waals surface area (Å²) < 4.78 is 7.30. The van der Waals surface area contributed by atoms with Gasteiger partial charge in [-0.05, 0) is 31.4 Å². The first-order valence-corrected chi connectivity index (χ1v) is 8.98. The van der Waals surface area contributed by atoms with Crippen molar-refractivity contribution in [3.63, 3.8) is 0 Å². The number of hydrogen-bond donors (Lipinski definition) is 1. The highest BCUT2D eigenvalue weighted by molar-refractivity contribution is 6.05. The van der Waals surface area contributed by atoms with E-state index < -0.39 is 0 Å². The molecule has 0 saturated heterocycles. The number of hydrogen-bond acceptors (Lipinski definition) is 5. The Morgan fingerprint density at radius 2 is 2.04 bits per heavy atom. The molecule has 3 aromatic heterocycles. The van der Waals surface area contributed by atoms with Crippen molar-refractivity contribution in [2.75, 3.05) is 13.7 Å².